The standard InChI is InChI=1S/C12H17NO2.ClH/c14-10-12-4-2-1-3-11(12)9-13-5-7-15-8-6-13;/h1-4,14H,5-10H2;1H/p-1. The predicted molar refractivity (Wildman–Crippen MR) is 58.5 cm³/mol. The molecule has 1 fully saturated rings. The van der Waals surface area contributed by atoms with Crippen LogP contribution in [0.15, 0.2) is 24.3 Å². The van der Waals surface area contributed by atoms with Gasteiger partial charge in [0.1, 0.15) is 0 Å². The van der Waals surface area contributed by atoms with Crippen LogP contribution in [-0.4, -0.2) is 36.3 Å². The summed E-state index contributed by atoms with van der Waals surface area (Å²) in [6.45, 7) is 4.66. The van der Waals surface area contributed by atoms with E-state index in [-0.39, 0.29) is 19.0 Å². The number of halogens is 1. The summed E-state index contributed by atoms with van der Waals surface area (Å²) in [6.07, 6.45) is 0. The third-order valence-electron chi connectivity index (χ3n) is 2.79. The fourth-order valence-corrected chi connectivity index (χ4v) is 1.87. The van der Waals surface area contributed by atoms with Gasteiger partial charge in [0.15, 0.2) is 0 Å². The second-order valence-electron chi connectivity index (χ2n) is 3.82. The number of hydrogen-bond donors (Lipinski definition) is 1. The molecule has 1 N–H and O–H groups in total. The summed E-state index contributed by atoms with van der Waals surface area (Å²) in [5.74, 6) is 0. The summed E-state index contributed by atoms with van der Waals surface area (Å²) in [6, 6.07) is 8.06. The van der Waals surface area contributed by atoms with Gasteiger partial charge in [-0.15, -0.1) is 0 Å². The molecule has 0 unspecified atom stereocenters. The van der Waals surface area contributed by atoms with Gasteiger partial charge in [0, 0.05) is 19.6 Å². The van der Waals surface area contributed by atoms with Crippen LogP contribution in [0, 0.1) is 0 Å². The number of aliphatic hydroxyl groups is 1. The number of morpholine rings is 1. The Morgan fingerprint density at radius 1 is 1.12 bits per heavy atom. The molecule has 2 rings (SSSR count). The Morgan fingerprint density at radius 2 is 1.75 bits per heavy atom. The average molecular weight is 243 g/mol. The molecule has 1 saturated heterocycles. The van der Waals surface area contributed by atoms with Crippen LogP contribution in [0.25, 0.3) is 0 Å². The molecule has 0 radical (unpaired) electrons. The minimum absolute atomic E-state index is 0. The largest absolute Gasteiger partial charge is 1.00 e. The molecular weight excluding hydrogens is 226 g/mol. The number of ether oxygens (including phenoxy) is 1. The Labute approximate surface area is 102 Å². The van der Waals surface area contributed by atoms with Crippen molar-refractivity contribution < 1.29 is 22.3 Å². The highest BCUT2D eigenvalue weighted by Gasteiger charge is 2.11. The van der Waals surface area contributed by atoms with Gasteiger partial charge in [-0.1, -0.05) is 24.3 Å². The minimum atomic E-state index is 0. The number of hydrogen-bond acceptors (Lipinski definition) is 3. The first-order valence-electron chi connectivity index (χ1n) is 5.38. The molecule has 1 aliphatic heterocycles. The first-order chi connectivity index (χ1) is 7.40. The molecule has 1 aromatic carbocycles. The highest BCUT2D eigenvalue weighted by atomic mass is 35.5. The second-order valence-corrected chi connectivity index (χ2v) is 3.82. The van der Waals surface area contributed by atoms with Crippen molar-refractivity contribution in [2.24, 2.45) is 0 Å². The molecule has 0 bridgehead atoms. The molecule has 3 nitrogen and oxygen atoms in total. The quantitative estimate of drug-likeness (QED) is 0.667. The topological polar surface area (TPSA) is 32.7 Å². The van der Waals surface area contributed by atoms with Crippen LogP contribution in [0.4, 0.5) is 0 Å². The van der Waals surface area contributed by atoms with Crippen molar-refractivity contribution >= 4 is 0 Å². The fourth-order valence-electron chi connectivity index (χ4n) is 1.87. The third-order valence-corrected chi connectivity index (χ3v) is 2.79. The number of aliphatic hydroxyl groups excluding tert-OH is 1. The van der Waals surface area contributed by atoms with E-state index in [0.29, 0.717) is 0 Å². The van der Waals surface area contributed by atoms with Crippen molar-refractivity contribution in [1.29, 1.82) is 0 Å². The Kier molecular flexibility index (Phi) is 5.77. The van der Waals surface area contributed by atoms with E-state index in [1.807, 2.05) is 18.2 Å². The van der Waals surface area contributed by atoms with E-state index in [0.717, 1.165) is 38.4 Å². The molecule has 0 spiro atoms. The zero-order valence-electron chi connectivity index (χ0n) is 9.23. The third kappa shape index (κ3) is 3.46. The molecule has 0 atom stereocenters. The lowest BCUT2D eigenvalue weighted by Crippen LogP contribution is -3.00. The first-order valence-corrected chi connectivity index (χ1v) is 5.38. The van der Waals surface area contributed by atoms with E-state index in [9.17, 15) is 5.11 Å². The van der Waals surface area contributed by atoms with Gasteiger partial charge in [0.05, 0.1) is 19.8 Å². The van der Waals surface area contributed by atoms with E-state index < -0.39 is 0 Å². The lowest BCUT2D eigenvalue weighted by molar-refractivity contribution is -0.00000624. The summed E-state index contributed by atoms with van der Waals surface area (Å²) < 4.78 is 5.30. The molecule has 0 aliphatic carbocycles. The zero-order valence-corrected chi connectivity index (χ0v) is 9.99. The number of rotatable bonds is 3. The van der Waals surface area contributed by atoms with Crippen LogP contribution in [0.1, 0.15) is 11.1 Å². The molecule has 1 heterocycles. The minimum Gasteiger partial charge on any atom is -1.00 e. The van der Waals surface area contributed by atoms with Gasteiger partial charge >= 0.3 is 0 Å². The normalized spacial score (nSPS) is 16.8. The lowest BCUT2D eigenvalue weighted by Gasteiger charge is -2.27. The van der Waals surface area contributed by atoms with Crippen molar-refractivity contribution in [1.82, 2.24) is 4.90 Å². The van der Waals surface area contributed by atoms with Gasteiger partial charge in [0.2, 0.25) is 0 Å². The molecule has 0 aromatic heterocycles. The van der Waals surface area contributed by atoms with Crippen molar-refractivity contribution in [2.45, 2.75) is 13.2 Å². The van der Waals surface area contributed by atoms with E-state index in [2.05, 4.69) is 11.0 Å². The van der Waals surface area contributed by atoms with Gasteiger partial charge in [0.25, 0.3) is 0 Å². The van der Waals surface area contributed by atoms with Crippen LogP contribution < -0.4 is 12.4 Å². The summed E-state index contributed by atoms with van der Waals surface area (Å²) in [5.41, 5.74) is 2.26. The molecule has 1 aromatic rings. The highest BCUT2D eigenvalue weighted by Crippen LogP contribution is 2.12. The Hall–Kier alpha value is -0.610. The van der Waals surface area contributed by atoms with Crippen LogP contribution in [-0.2, 0) is 17.9 Å². The van der Waals surface area contributed by atoms with E-state index in [1.54, 1.807) is 0 Å². The monoisotopic (exact) mass is 242 g/mol. The summed E-state index contributed by atoms with van der Waals surface area (Å²) in [7, 11) is 0. The van der Waals surface area contributed by atoms with E-state index in [1.165, 1.54) is 5.56 Å². The highest BCUT2D eigenvalue weighted by molar-refractivity contribution is 5.26. The number of benzene rings is 1. The SMILES string of the molecule is OCc1ccccc1CN1CCOCC1.[Cl-]. The maximum Gasteiger partial charge on any atom is 0.0685 e. The van der Waals surface area contributed by atoms with Crippen LogP contribution in [0.5, 0.6) is 0 Å². The summed E-state index contributed by atoms with van der Waals surface area (Å²) in [5, 5.41) is 9.20. The molecule has 0 amide bonds. The fraction of sp³-hybridized carbons (Fsp3) is 0.500. The van der Waals surface area contributed by atoms with Gasteiger partial charge in [-0.2, -0.15) is 0 Å². The van der Waals surface area contributed by atoms with Gasteiger partial charge in [-0.3, -0.25) is 4.90 Å². The molecular formula is C12H17ClNO2-. The molecule has 90 valence electrons. The van der Waals surface area contributed by atoms with Gasteiger partial charge in [-0.05, 0) is 11.1 Å². The van der Waals surface area contributed by atoms with Gasteiger partial charge in [-0.25, -0.2) is 0 Å². The average Bonchev–Trinajstić information content (AvgIpc) is 2.31. The lowest BCUT2D eigenvalue weighted by atomic mass is 10.1. The molecule has 0 saturated carbocycles. The maximum atomic E-state index is 9.20. The number of nitrogens with zero attached hydrogens (tertiary/aromatic N) is 1. The van der Waals surface area contributed by atoms with Crippen molar-refractivity contribution in [3.8, 4) is 0 Å². The predicted octanol–water partition coefficient (Wildman–Crippen LogP) is -1.98. The van der Waals surface area contributed by atoms with E-state index in [4.69, 9.17) is 4.74 Å². The Morgan fingerprint density at radius 3 is 2.38 bits per heavy atom. The zero-order chi connectivity index (χ0) is 10.5. The van der Waals surface area contributed by atoms with Crippen LogP contribution in [0.3, 0.4) is 0 Å². The molecule has 16 heavy (non-hydrogen) atoms. The Bertz CT molecular complexity index is 314. The maximum absolute atomic E-state index is 9.20. The van der Waals surface area contributed by atoms with Crippen molar-refractivity contribution in [3.63, 3.8) is 0 Å². The smallest absolute Gasteiger partial charge is 0.0685 e. The Balaban J connectivity index is 0.00000128. The molecule has 4 heteroatoms. The van der Waals surface area contributed by atoms with Crippen LogP contribution in [0.2, 0.25) is 0 Å². The van der Waals surface area contributed by atoms with Crippen LogP contribution >= 0.6 is 0 Å². The van der Waals surface area contributed by atoms with Crippen molar-refractivity contribution in [2.75, 3.05) is 26.3 Å². The van der Waals surface area contributed by atoms with Crippen molar-refractivity contribution in [3.05, 3.63) is 35.4 Å². The van der Waals surface area contributed by atoms with Gasteiger partial charge < -0.3 is 22.3 Å². The molecule has 1 aliphatic rings. The first kappa shape index (κ1) is 13.5. The second kappa shape index (κ2) is 6.86. The summed E-state index contributed by atoms with van der Waals surface area (Å²) in [4.78, 5) is 2.36. The summed E-state index contributed by atoms with van der Waals surface area (Å²) >= 11 is 0. The van der Waals surface area contributed by atoms with E-state index >= 15 is 0 Å².